The Morgan fingerprint density at radius 1 is 1.06 bits per heavy atom. The molecule has 1 aliphatic heterocycles. The fourth-order valence-corrected chi connectivity index (χ4v) is 5.38. The first kappa shape index (κ1) is 24.4. The van der Waals surface area contributed by atoms with Crippen LogP contribution in [0.1, 0.15) is 52.1 Å². The average molecular weight is 454 g/mol. The number of aromatic nitrogens is 1. The van der Waals surface area contributed by atoms with E-state index in [1.165, 1.54) is 29.2 Å². The molecule has 178 valence electrons. The van der Waals surface area contributed by atoms with Gasteiger partial charge in [-0.15, -0.1) is 0 Å². The predicted molar refractivity (Wildman–Crippen MR) is 147 cm³/mol. The molecular formula is C31H39N3. The van der Waals surface area contributed by atoms with Crippen molar-refractivity contribution in [2.24, 2.45) is 0 Å². The summed E-state index contributed by atoms with van der Waals surface area (Å²) >= 11 is 0. The van der Waals surface area contributed by atoms with Gasteiger partial charge in [-0.1, -0.05) is 69.0 Å². The largest absolute Gasteiger partial charge is 0.301 e. The second-order valence-corrected chi connectivity index (χ2v) is 9.38. The van der Waals surface area contributed by atoms with Gasteiger partial charge in [-0.2, -0.15) is 0 Å². The lowest BCUT2D eigenvalue weighted by Gasteiger charge is -2.40. The Kier molecular flexibility index (Phi) is 7.97. The second-order valence-electron chi connectivity index (χ2n) is 9.38. The molecule has 0 saturated carbocycles. The average Bonchev–Trinajstić information content (AvgIpc) is 2.88. The van der Waals surface area contributed by atoms with Crippen molar-refractivity contribution < 1.29 is 0 Å². The van der Waals surface area contributed by atoms with Gasteiger partial charge < -0.3 is 4.90 Å². The van der Waals surface area contributed by atoms with Gasteiger partial charge in [0.15, 0.2) is 0 Å². The molecule has 2 heterocycles. The van der Waals surface area contributed by atoms with Gasteiger partial charge in [0.1, 0.15) is 0 Å². The minimum atomic E-state index is 0.310. The highest BCUT2D eigenvalue weighted by Crippen LogP contribution is 2.27. The van der Waals surface area contributed by atoms with Gasteiger partial charge in [-0.3, -0.25) is 4.90 Å². The second kappa shape index (κ2) is 11.1. The zero-order valence-electron chi connectivity index (χ0n) is 21.3. The number of nitrogens with zero attached hydrogens (tertiary/aromatic N) is 3. The molecule has 0 spiro atoms. The van der Waals surface area contributed by atoms with Crippen LogP contribution in [0.25, 0.3) is 34.7 Å². The van der Waals surface area contributed by atoms with Crippen LogP contribution < -0.4 is 10.6 Å². The molecule has 0 radical (unpaired) electrons. The summed E-state index contributed by atoms with van der Waals surface area (Å²) < 4.78 is 0. The summed E-state index contributed by atoms with van der Waals surface area (Å²) in [5, 5.41) is 4.50. The van der Waals surface area contributed by atoms with Crippen LogP contribution in [0.2, 0.25) is 0 Å². The first-order chi connectivity index (χ1) is 16.5. The molecule has 1 fully saturated rings. The molecule has 0 aliphatic carbocycles. The van der Waals surface area contributed by atoms with E-state index in [4.69, 9.17) is 4.98 Å². The number of rotatable bonds is 7. The molecule has 0 bridgehead atoms. The van der Waals surface area contributed by atoms with E-state index < -0.39 is 0 Å². The molecule has 0 amide bonds. The zero-order valence-corrected chi connectivity index (χ0v) is 21.3. The maximum Gasteiger partial charge on any atom is 0.0713 e. The molecule has 2 aromatic carbocycles. The highest BCUT2D eigenvalue weighted by atomic mass is 15.2. The third kappa shape index (κ3) is 5.16. The number of allylic oxidation sites excluding steroid dienone is 2. The summed E-state index contributed by atoms with van der Waals surface area (Å²) in [7, 11) is 0. The van der Waals surface area contributed by atoms with E-state index in [1.807, 2.05) is 13.0 Å². The van der Waals surface area contributed by atoms with Crippen molar-refractivity contribution in [1.29, 1.82) is 0 Å². The summed E-state index contributed by atoms with van der Waals surface area (Å²) in [6, 6.07) is 18.5. The maximum absolute atomic E-state index is 5.04. The third-order valence-electron chi connectivity index (χ3n) is 7.51. The molecule has 4 rings (SSSR count). The van der Waals surface area contributed by atoms with E-state index in [1.54, 1.807) is 0 Å². The van der Waals surface area contributed by atoms with Crippen LogP contribution in [0, 0.1) is 0 Å². The van der Waals surface area contributed by atoms with Gasteiger partial charge in [0, 0.05) is 30.7 Å². The molecule has 1 saturated heterocycles. The Bertz CT molecular complexity index is 1250. The van der Waals surface area contributed by atoms with Crippen molar-refractivity contribution in [2.75, 3.05) is 26.2 Å². The molecule has 1 aliphatic rings. The normalized spacial score (nSPS) is 17.3. The number of hydrogen-bond acceptors (Lipinski definition) is 3. The highest BCUT2D eigenvalue weighted by molar-refractivity contribution is 5.86. The van der Waals surface area contributed by atoms with Gasteiger partial charge >= 0.3 is 0 Å². The fraction of sp³-hybridized carbons (Fsp3) is 0.387. The van der Waals surface area contributed by atoms with E-state index in [2.05, 4.69) is 97.8 Å². The van der Waals surface area contributed by atoms with E-state index in [-0.39, 0.29) is 0 Å². The van der Waals surface area contributed by atoms with Crippen molar-refractivity contribution in [1.82, 2.24) is 14.8 Å². The van der Waals surface area contributed by atoms with Crippen LogP contribution in [0.15, 0.2) is 60.7 Å². The zero-order chi connectivity index (χ0) is 24.1. The lowest BCUT2D eigenvalue weighted by atomic mass is 9.96. The predicted octanol–water partition coefficient (Wildman–Crippen LogP) is 5.54. The molecule has 3 aromatic rings. The molecular weight excluding hydrogens is 414 g/mol. The molecule has 3 heteroatoms. The van der Waals surface area contributed by atoms with Gasteiger partial charge in [-0.25, -0.2) is 4.98 Å². The van der Waals surface area contributed by atoms with E-state index >= 15 is 0 Å². The number of hydrogen-bond donors (Lipinski definition) is 0. The summed E-state index contributed by atoms with van der Waals surface area (Å²) in [5.74, 6) is 0. The monoisotopic (exact) mass is 453 g/mol. The van der Waals surface area contributed by atoms with Crippen LogP contribution in [0.3, 0.4) is 0 Å². The molecule has 1 atom stereocenters. The summed E-state index contributed by atoms with van der Waals surface area (Å²) in [6.45, 7) is 18.0. The van der Waals surface area contributed by atoms with Gasteiger partial charge in [0.05, 0.1) is 11.0 Å². The number of pyridine rings is 1. The summed E-state index contributed by atoms with van der Waals surface area (Å²) in [6.07, 6.45) is 8.67. The maximum atomic E-state index is 5.04. The van der Waals surface area contributed by atoms with Crippen LogP contribution >= 0.6 is 0 Å². The Morgan fingerprint density at radius 3 is 2.44 bits per heavy atom. The summed E-state index contributed by atoms with van der Waals surface area (Å²) in [4.78, 5) is 10.3. The van der Waals surface area contributed by atoms with E-state index in [9.17, 15) is 0 Å². The topological polar surface area (TPSA) is 19.4 Å². The molecule has 34 heavy (non-hydrogen) atoms. The third-order valence-corrected chi connectivity index (χ3v) is 7.51. The Morgan fingerprint density at radius 2 is 1.76 bits per heavy atom. The Balaban J connectivity index is 1.70. The number of benzene rings is 2. The number of likely N-dealkylation sites (tertiary alicyclic amines) is 1. The van der Waals surface area contributed by atoms with Gasteiger partial charge in [0.2, 0.25) is 0 Å². The fourth-order valence-electron chi connectivity index (χ4n) is 5.38. The molecule has 1 unspecified atom stereocenters. The quantitative estimate of drug-likeness (QED) is 0.468. The minimum Gasteiger partial charge on any atom is -0.301 e. The SMILES string of the molecule is C=c1c(C(C)N2CCC(N(CC)CC)CC2)cc(-c2ccc3ccccc3c2)n/c1=C/C=C\C. The van der Waals surface area contributed by atoms with E-state index in [0.717, 1.165) is 48.0 Å². The summed E-state index contributed by atoms with van der Waals surface area (Å²) in [5.41, 5.74) is 3.46. The number of piperidine rings is 1. The Hall–Kier alpha value is -2.75. The van der Waals surface area contributed by atoms with Crippen LogP contribution in [0.5, 0.6) is 0 Å². The van der Waals surface area contributed by atoms with E-state index in [0.29, 0.717) is 12.1 Å². The minimum absolute atomic E-state index is 0.310. The van der Waals surface area contributed by atoms with Crippen molar-refractivity contribution >= 4 is 23.4 Å². The smallest absolute Gasteiger partial charge is 0.0713 e. The molecule has 0 N–H and O–H groups in total. The lowest BCUT2D eigenvalue weighted by Crippen LogP contribution is -2.46. The lowest BCUT2D eigenvalue weighted by molar-refractivity contribution is 0.0936. The molecule has 3 nitrogen and oxygen atoms in total. The van der Waals surface area contributed by atoms with Gasteiger partial charge in [0.25, 0.3) is 0 Å². The highest BCUT2D eigenvalue weighted by Gasteiger charge is 2.26. The number of fused-ring (bicyclic) bond motifs is 1. The van der Waals surface area contributed by atoms with Crippen molar-refractivity contribution in [3.63, 3.8) is 0 Å². The standard InChI is InChI=1S/C31H39N3/c1-6-9-14-30-23(4)29(24(5)34-19-17-28(18-20-34)33(7-2)8-3)22-31(32-30)27-16-15-25-12-10-11-13-26(25)21-27/h6,9-16,21-22,24,28H,4,7-8,17-20H2,1-3,5H3/b9-6-,30-14+. The molecule has 1 aromatic heterocycles. The van der Waals surface area contributed by atoms with Crippen molar-refractivity contribution in [3.05, 3.63) is 76.8 Å². The van der Waals surface area contributed by atoms with Crippen LogP contribution in [-0.4, -0.2) is 47.0 Å². The van der Waals surface area contributed by atoms with Crippen molar-refractivity contribution in [2.45, 2.75) is 52.6 Å². The first-order valence-corrected chi connectivity index (χ1v) is 12.9. The first-order valence-electron chi connectivity index (χ1n) is 12.9. The van der Waals surface area contributed by atoms with Gasteiger partial charge in [-0.05, 0) is 79.5 Å². The van der Waals surface area contributed by atoms with Crippen molar-refractivity contribution in [3.8, 4) is 11.3 Å². The Labute approximate surface area is 205 Å². The van der Waals surface area contributed by atoms with Crippen LogP contribution in [0.4, 0.5) is 0 Å². The van der Waals surface area contributed by atoms with Crippen LogP contribution in [-0.2, 0) is 0 Å².